The Kier molecular flexibility index (Phi) is 7.19. The lowest BCUT2D eigenvalue weighted by Crippen LogP contribution is -2.11. The van der Waals surface area contributed by atoms with Crippen LogP contribution in [0.1, 0.15) is 18.4 Å². The summed E-state index contributed by atoms with van der Waals surface area (Å²) in [4.78, 5) is 15.7. The second-order valence-corrected chi connectivity index (χ2v) is 4.72. The summed E-state index contributed by atoms with van der Waals surface area (Å²) in [5.74, 6) is 1.26. The summed E-state index contributed by atoms with van der Waals surface area (Å²) >= 11 is 0. The van der Waals surface area contributed by atoms with Crippen LogP contribution in [0.25, 0.3) is 0 Å². The van der Waals surface area contributed by atoms with E-state index >= 15 is 0 Å². The maximum Gasteiger partial charge on any atom is 0.224 e. The number of methoxy groups -OCH3 is 1. The molecular formula is C16H20ClN3O2. The molecule has 0 atom stereocenters. The van der Waals surface area contributed by atoms with Crippen molar-refractivity contribution in [2.24, 2.45) is 0 Å². The van der Waals surface area contributed by atoms with E-state index in [9.17, 15) is 4.79 Å². The molecule has 1 aromatic carbocycles. The summed E-state index contributed by atoms with van der Waals surface area (Å²) < 4.78 is 5.11. The van der Waals surface area contributed by atoms with Crippen molar-refractivity contribution in [3.05, 3.63) is 48.2 Å². The molecule has 5 nitrogen and oxygen atoms in total. The number of hydrogen-bond donors (Lipinski definition) is 2. The number of pyridine rings is 1. The second kappa shape index (κ2) is 8.89. The standard InChI is InChI=1S/C16H19N3O2.ClH/c1-21-14-8-5-12(6-9-14)3-2-4-16(20)19-13-7-10-15(17)18-11-13;/h5-11H,2-4H2,1H3,(H2,17,18)(H,19,20);1H. The van der Waals surface area contributed by atoms with E-state index < -0.39 is 0 Å². The number of rotatable bonds is 6. The fourth-order valence-corrected chi connectivity index (χ4v) is 1.95. The van der Waals surface area contributed by atoms with E-state index in [2.05, 4.69) is 10.3 Å². The normalized spacial score (nSPS) is 9.68. The molecule has 2 aromatic rings. The number of anilines is 2. The monoisotopic (exact) mass is 321 g/mol. The lowest BCUT2D eigenvalue weighted by molar-refractivity contribution is -0.116. The molecule has 0 fully saturated rings. The van der Waals surface area contributed by atoms with Gasteiger partial charge in [0, 0.05) is 6.42 Å². The number of aryl methyl sites for hydroxylation is 1. The van der Waals surface area contributed by atoms with E-state index in [0.29, 0.717) is 17.9 Å². The Morgan fingerprint density at radius 1 is 1.23 bits per heavy atom. The molecule has 1 amide bonds. The quantitative estimate of drug-likeness (QED) is 0.857. The third-order valence-electron chi connectivity index (χ3n) is 3.10. The summed E-state index contributed by atoms with van der Waals surface area (Å²) in [7, 11) is 1.64. The Balaban J connectivity index is 0.00000242. The molecule has 2 rings (SSSR count). The molecule has 0 unspecified atom stereocenters. The Morgan fingerprint density at radius 3 is 2.55 bits per heavy atom. The Labute approximate surface area is 136 Å². The lowest BCUT2D eigenvalue weighted by atomic mass is 10.1. The SMILES string of the molecule is COc1ccc(CCCC(=O)Nc2ccc(N)nc2)cc1.Cl. The van der Waals surface area contributed by atoms with Crippen molar-refractivity contribution >= 4 is 29.8 Å². The van der Waals surface area contributed by atoms with Gasteiger partial charge in [-0.05, 0) is 42.7 Å². The summed E-state index contributed by atoms with van der Waals surface area (Å²) in [6.45, 7) is 0. The van der Waals surface area contributed by atoms with Crippen molar-refractivity contribution in [1.29, 1.82) is 0 Å². The highest BCUT2D eigenvalue weighted by molar-refractivity contribution is 5.90. The Morgan fingerprint density at radius 2 is 1.95 bits per heavy atom. The third kappa shape index (κ3) is 5.61. The number of carbonyl (C=O) groups is 1. The van der Waals surface area contributed by atoms with Gasteiger partial charge >= 0.3 is 0 Å². The van der Waals surface area contributed by atoms with Crippen LogP contribution in [0.4, 0.5) is 11.5 Å². The van der Waals surface area contributed by atoms with Crippen LogP contribution in [0.2, 0.25) is 0 Å². The first-order valence-corrected chi connectivity index (χ1v) is 6.81. The first kappa shape index (κ1) is 17.8. The van der Waals surface area contributed by atoms with Crippen LogP contribution in [0.3, 0.4) is 0 Å². The van der Waals surface area contributed by atoms with Gasteiger partial charge in [0.15, 0.2) is 0 Å². The number of benzene rings is 1. The van der Waals surface area contributed by atoms with Crippen LogP contribution < -0.4 is 15.8 Å². The molecular weight excluding hydrogens is 302 g/mol. The fourth-order valence-electron chi connectivity index (χ4n) is 1.95. The van der Waals surface area contributed by atoms with Crippen LogP contribution in [0.15, 0.2) is 42.6 Å². The van der Waals surface area contributed by atoms with Crippen molar-refractivity contribution in [1.82, 2.24) is 4.98 Å². The molecule has 0 aliphatic rings. The zero-order valence-electron chi connectivity index (χ0n) is 12.4. The van der Waals surface area contributed by atoms with Crippen LogP contribution in [0, 0.1) is 0 Å². The van der Waals surface area contributed by atoms with E-state index in [1.165, 1.54) is 5.56 Å². The average molecular weight is 322 g/mol. The molecule has 1 heterocycles. The van der Waals surface area contributed by atoms with Gasteiger partial charge in [-0.15, -0.1) is 12.4 Å². The van der Waals surface area contributed by atoms with E-state index in [1.807, 2.05) is 24.3 Å². The van der Waals surface area contributed by atoms with Crippen molar-refractivity contribution in [3.63, 3.8) is 0 Å². The maximum atomic E-state index is 11.8. The van der Waals surface area contributed by atoms with Crippen LogP contribution in [-0.4, -0.2) is 18.0 Å². The smallest absolute Gasteiger partial charge is 0.224 e. The molecule has 0 aliphatic heterocycles. The van der Waals surface area contributed by atoms with Crippen molar-refractivity contribution in [3.8, 4) is 5.75 Å². The second-order valence-electron chi connectivity index (χ2n) is 4.72. The number of carbonyl (C=O) groups excluding carboxylic acids is 1. The number of nitrogens with one attached hydrogen (secondary N) is 1. The highest BCUT2D eigenvalue weighted by Gasteiger charge is 2.03. The van der Waals surface area contributed by atoms with E-state index in [-0.39, 0.29) is 18.3 Å². The van der Waals surface area contributed by atoms with E-state index in [1.54, 1.807) is 25.4 Å². The molecule has 0 radical (unpaired) electrons. The average Bonchev–Trinajstić information content (AvgIpc) is 2.50. The van der Waals surface area contributed by atoms with Gasteiger partial charge in [-0.2, -0.15) is 0 Å². The predicted octanol–water partition coefficient (Wildman–Crippen LogP) is 3.06. The zero-order chi connectivity index (χ0) is 15.1. The summed E-state index contributed by atoms with van der Waals surface area (Å²) in [5.41, 5.74) is 7.35. The van der Waals surface area contributed by atoms with Crippen molar-refractivity contribution in [2.75, 3.05) is 18.2 Å². The van der Waals surface area contributed by atoms with Gasteiger partial charge in [-0.1, -0.05) is 12.1 Å². The van der Waals surface area contributed by atoms with Gasteiger partial charge in [0.25, 0.3) is 0 Å². The molecule has 3 N–H and O–H groups in total. The Hall–Kier alpha value is -2.27. The minimum absolute atomic E-state index is 0. The number of amides is 1. The number of nitrogen functional groups attached to an aromatic ring is 1. The lowest BCUT2D eigenvalue weighted by Gasteiger charge is -2.06. The van der Waals surface area contributed by atoms with Crippen LogP contribution in [-0.2, 0) is 11.2 Å². The first-order chi connectivity index (χ1) is 10.2. The Bertz CT molecular complexity index is 585. The maximum absolute atomic E-state index is 11.8. The van der Waals surface area contributed by atoms with Gasteiger partial charge in [0.1, 0.15) is 11.6 Å². The molecule has 118 valence electrons. The van der Waals surface area contributed by atoms with Gasteiger partial charge < -0.3 is 15.8 Å². The number of nitrogens with two attached hydrogens (primary N) is 1. The van der Waals surface area contributed by atoms with Crippen LogP contribution >= 0.6 is 12.4 Å². The summed E-state index contributed by atoms with van der Waals surface area (Å²) in [6.07, 6.45) is 3.67. The van der Waals surface area contributed by atoms with Gasteiger partial charge in [-0.3, -0.25) is 4.79 Å². The van der Waals surface area contributed by atoms with Gasteiger partial charge in [0.05, 0.1) is 19.0 Å². The number of aromatic nitrogens is 1. The topological polar surface area (TPSA) is 77.2 Å². The molecule has 0 bridgehead atoms. The highest BCUT2D eigenvalue weighted by Crippen LogP contribution is 2.13. The third-order valence-corrected chi connectivity index (χ3v) is 3.10. The molecule has 0 spiro atoms. The predicted molar refractivity (Wildman–Crippen MR) is 90.5 cm³/mol. The molecule has 0 saturated heterocycles. The number of ether oxygens (including phenoxy) is 1. The zero-order valence-corrected chi connectivity index (χ0v) is 13.2. The molecule has 6 heteroatoms. The minimum atomic E-state index is -0.0184. The number of hydrogen-bond acceptors (Lipinski definition) is 4. The number of halogens is 1. The first-order valence-electron chi connectivity index (χ1n) is 6.81. The van der Waals surface area contributed by atoms with Crippen LogP contribution in [0.5, 0.6) is 5.75 Å². The van der Waals surface area contributed by atoms with E-state index in [0.717, 1.165) is 18.6 Å². The van der Waals surface area contributed by atoms with Gasteiger partial charge in [-0.25, -0.2) is 4.98 Å². The largest absolute Gasteiger partial charge is 0.497 e. The minimum Gasteiger partial charge on any atom is -0.497 e. The molecule has 22 heavy (non-hydrogen) atoms. The summed E-state index contributed by atoms with van der Waals surface area (Å²) in [6, 6.07) is 11.3. The number of nitrogens with zero attached hydrogens (tertiary/aromatic N) is 1. The summed E-state index contributed by atoms with van der Waals surface area (Å²) in [5, 5.41) is 2.80. The van der Waals surface area contributed by atoms with Gasteiger partial charge in [0.2, 0.25) is 5.91 Å². The molecule has 1 aromatic heterocycles. The van der Waals surface area contributed by atoms with Crippen molar-refractivity contribution in [2.45, 2.75) is 19.3 Å². The molecule has 0 aliphatic carbocycles. The highest BCUT2D eigenvalue weighted by atomic mass is 35.5. The van der Waals surface area contributed by atoms with E-state index in [4.69, 9.17) is 10.5 Å². The molecule has 0 saturated carbocycles. The fraction of sp³-hybridized carbons (Fsp3) is 0.250. The van der Waals surface area contributed by atoms with Crippen molar-refractivity contribution < 1.29 is 9.53 Å².